The van der Waals surface area contributed by atoms with E-state index in [9.17, 15) is 0 Å². The molecule has 0 radical (unpaired) electrons. The number of hydrogen-bond donors (Lipinski definition) is 1. The average molecular weight is 296 g/mol. The topological polar surface area (TPSA) is 21.3 Å². The lowest BCUT2D eigenvalue weighted by atomic mass is 10.1. The van der Waals surface area contributed by atoms with Crippen molar-refractivity contribution in [3.05, 3.63) is 51.2 Å². The first-order chi connectivity index (χ1) is 9.19. The summed E-state index contributed by atoms with van der Waals surface area (Å²) in [6, 6.07) is 10.6. The SMILES string of the molecule is COc1ccc(CNC(C)Cc2cccs2)cc1Cl. The van der Waals surface area contributed by atoms with Crippen LogP contribution in [0.25, 0.3) is 0 Å². The first kappa shape index (κ1) is 14.4. The molecule has 0 aliphatic heterocycles. The molecule has 4 heteroatoms. The van der Waals surface area contributed by atoms with E-state index >= 15 is 0 Å². The minimum atomic E-state index is 0.444. The molecule has 19 heavy (non-hydrogen) atoms. The molecule has 0 spiro atoms. The van der Waals surface area contributed by atoms with Crippen molar-refractivity contribution in [3.8, 4) is 5.75 Å². The maximum Gasteiger partial charge on any atom is 0.137 e. The van der Waals surface area contributed by atoms with Gasteiger partial charge < -0.3 is 10.1 Å². The Balaban J connectivity index is 1.86. The van der Waals surface area contributed by atoms with Gasteiger partial charge >= 0.3 is 0 Å². The number of rotatable bonds is 6. The predicted molar refractivity (Wildman–Crippen MR) is 82.3 cm³/mol. The smallest absolute Gasteiger partial charge is 0.137 e. The van der Waals surface area contributed by atoms with Crippen LogP contribution in [-0.4, -0.2) is 13.2 Å². The van der Waals surface area contributed by atoms with E-state index in [1.165, 1.54) is 10.4 Å². The molecule has 1 atom stereocenters. The quantitative estimate of drug-likeness (QED) is 0.865. The number of ether oxygens (including phenoxy) is 1. The van der Waals surface area contributed by atoms with Gasteiger partial charge in [-0.1, -0.05) is 23.7 Å². The lowest BCUT2D eigenvalue weighted by Gasteiger charge is -2.13. The monoisotopic (exact) mass is 295 g/mol. The largest absolute Gasteiger partial charge is 0.495 e. The van der Waals surface area contributed by atoms with E-state index in [0.717, 1.165) is 18.7 Å². The lowest BCUT2D eigenvalue weighted by Crippen LogP contribution is -2.27. The zero-order valence-corrected chi connectivity index (χ0v) is 12.7. The number of methoxy groups -OCH3 is 1. The second-order valence-corrected chi connectivity index (χ2v) is 5.97. The Morgan fingerprint density at radius 2 is 2.21 bits per heavy atom. The zero-order valence-electron chi connectivity index (χ0n) is 11.2. The molecule has 1 heterocycles. The molecule has 2 nitrogen and oxygen atoms in total. The van der Waals surface area contributed by atoms with Crippen molar-refractivity contribution in [2.45, 2.75) is 25.9 Å². The van der Waals surface area contributed by atoms with Gasteiger partial charge in [0.2, 0.25) is 0 Å². The van der Waals surface area contributed by atoms with E-state index < -0.39 is 0 Å². The highest BCUT2D eigenvalue weighted by Crippen LogP contribution is 2.24. The molecule has 2 aromatic rings. The summed E-state index contributed by atoms with van der Waals surface area (Å²) >= 11 is 7.91. The van der Waals surface area contributed by atoms with Gasteiger partial charge in [0, 0.05) is 17.5 Å². The van der Waals surface area contributed by atoms with Gasteiger partial charge in [-0.05, 0) is 42.5 Å². The van der Waals surface area contributed by atoms with Crippen LogP contribution >= 0.6 is 22.9 Å². The summed E-state index contributed by atoms with van der Waals surface area (Å²) < 4.78 is 5.14. The Morgan fingerprint density at radius 1 is 1.37 bits per heavy atom. The molecule has 1 aromatic carbocycles. The lowest BCUT2D eigenvalue weighted by molar-refractivity contribution is 0.414. The fourth-order valence-electron chi connectivity index (χ4n) is 1.91. The molecule has 0 fully saturated rings. The highest BCUT2D eigenvalue weighted by Gasteiger charge is 2.06. The van der Waals surface area contributed by atoms with Crippen LogP contribution in [0.1, 0.15) is 17.4 Å². The van der Waals surface area contributed by atoms with Crippen LogP contribution in [0.4, 0.5) is 0 Å². The van der Waals surface area contributed by atoms with Crippen LogP contribution in [0.2, 0.25) is 5.02 Å². The van der Waals surface area contributed by atoms with Crippen molar-refractivity contribution in [1.29, 1.82) is 0 Å². The molecular formula is C15H18ClNOS. The van der Waals surface area contributed by atoms with Crippen LogP contribution < -0.4 is 10.1 Å². The minimum absolute atomic E-state index is 0.444. The molecule has 0 aliphatic carbocycles. The fraction of sp³-hybridized carbons (Fsp3) is 0.333. The van der Waals surface area contributed by atoms with E-state index in [-0.39, 0.29) is 0 Å². The molecule has 2 rings (SSSR count). The van der Waals surface area contributed by atoms with Crippen molar-refractivity contribution in [2.75, 3.05) is 7.11 Å². The summed E-state index contributed by atoms with van der Waals surface area (Å²) in [6.45, 7) is 3.01. The van der Waals surface area contributed by atoms with Gasteiger partial charge in [-0.3, -0.25) is 0 Å². The average Bonchev–Trinajstić information content (AvgIpc) is 2.89. The Bertz CT molecular complexity index is 513. The third kappa shape index (κ3) is 4.23. The third-order valence-corrected chi connectivity index (χ3v) is 4.15. The molecule has 0 saturated carbocycles. The summed E-state index contributed by atoms with van der Waals surface area (Å²) in [4.78, 5) is 1.41. The van der Waals surface area contributed by atoms with Crippen LogP contribution in [0, 0.1) is 0 Å². The van der Waals surface area contributed by atoms with Gasteiger partial charge in [0.1, 0.15) is 5.75 Å². The van der Waals surface area contributed by atoms with Gasteiger partial charge in [-0.25, -0.2) is 0 Å². The summed E-state index contributed by atoms with van der Waals surface area (Å²) in [7, 11) is 1.63. The number of nitrogens with one attached hydrogen (secondary N) is 1. The number of thiophene rings is 1. The van der Waals surface area contributed by atoms with Gasteiger partial charge in [-0.15, -0.1) is 11.3 Å². The molecule has 102 valence electrons. The molecule has 1 aromatic heterocycles. The Morgan fingerprint density at radius 3 is 2.84 bits per heavy atom. The highest BCUT2D eigenvalue weighted by atomic mass is 35.5. The molecule has 1 N–H and O–H groups in total. The second kappa shape index (κ2) is 6.94. The first-order valence-corrected chi connectivity index (χ1v) is 7.53. The van der Waals surface area contributed by atoms with Crippen LogP contribution in [0.3, 0.4) is 0 Å². The molecular weight excluding hydrogens is 278 g/mol. The number of halogens is 1. The zero-order chi connectivity index (χ0) is 13.7. The molecule has 0 aliphatic rings. The maximum absolute atomic E-state index is 6.11. The van der Waals surface area contributed by atoms with Gasteiger partial charge in [-0.2, -0.15) is 0 Å². The Hall–Kier alpha value is -1.03. The van der Waals surface area contributed by atoms with Crippen LogP contribution in [-0.2, 0) is 13.0 Å². The molecule has 0 bridgehead atoms. The molecule has 0 amide bonds. The van der Waals surface area contributed by atoms with E-state index in [2.05, 4.69) is 29.8 Å². The third-order valence-electron chi connectivity index (χ3n) is 2.96. The normalized spacial score (nSPS) is 12.4. The standard InChI is InChI=1S/C15H18ClNOS/c1-11(8-13-4-3-7-19-13)17-10-12-5-6-15(18-2)14(16)9-12/h3-7,9,11,17H,8,10H2,1-2H3. The van der Waals surface area contributed by atoms with Crippen molar-refractivity contribution in [1.82, 2.24) is 5.32 Å². The summed E-state index contributed by atoms with van der Waals surface area (Å²) in [5.74, 6) is 0.719. The minimum Gasteiger partial charge on any atom is -0.495 e. The van der Waals surface area contributed by atoms with E-state index in [1.54, 1.807) is 18.4 Å². The fourth-order valence-corrected chi connectivity index (χ4v) is 3.03. The van der Waals surface area contributed by atoms with Crippen LogP contribution in [0.5, 0.6) is 5.75 Å². The molecule has 1 unspecified atom stereocenters. The summed E-state index contributed by atoms with van der Waals surface area (Å²) in [5.41, 5.74) is 1.17. The summed E-state index contributed by atoms with van der Waals surface area (Å²) in [5, 5.41) is 6.29. The van der Waals surface area contributed by atoms with Crippen molar-refractivity contribution in [3.63, 3.8) is 0 Å². The van der Waals surface area contributed by atoms with E-state index in [4.69, 9.17) is 16.3 Å². The first-order valence-electron chi connectivity index (χ1n) is 6.27. The number of benzene rings is 1. The van der Waals surface area contributed by atoms with Gasteiger partial charge in [0.15, 0.2) is 0 Å². The Kier molecular flexibility index (Phi) is 5.25. The van der Waals surface area contributed by atoms with E-state index in [1.807, 2.05) is 18.2 Å². The van der Waals surface area contributed by atoms with Crippen molar-refractivity contribution >= 4 is 22.9 Å². The second-order valence-electron chi connectivity index (χ2n) is 4.53. The van der Waals surface area contributed by atoms with Gasteiger partial charge in [0.25, 0.3) is 0 Å². The van der Waals surface area contributed by atoms with Crippen molar-refractivity contribution < 1.29 is 4.74 Å². The number of hydrogen-bond acceptors (Lipinski definition) is 3. The Labute approximate surface area is 123 Å². The molecule has 0 saturated heterocycles. The van der Waals surface area contributed by atoms with Crippen molar-refractivity contribution in [2.24, 2.45) is 0 Å². The summed E-state index contributed by atoms with van der Waals surface area (Å²) in [6.07, 6.45) is 1.06. The van der Waals surface area contributed by atoms with Crippen LogP contribution in [0.15, 0.2) is 35.7 Å². The predicted octanol–water partition coefficient (Wildman–Crippen LogP) is 4.13. The van der Waals surface area contributed by atoms with E-state index in [0.29, 0.717) is 11.1 Å². The van der Waals surface area contributed by atoms with Gasteiger partial charge in [0.05, 0.1) is 12.1 Å². The highest BCUT2D eigenvalue weighted by molar-refractivity contribution is 7.09. The maximum atomic E-state index is 6.11.